The Hall–Kier alpha value is -2.65. The Kier molecular flexibility index (Phi) is 6.40. The van der Waals surface area contributed by atoms with Gasteiger partial charge in [-0.25, -0.2) is 13.2 Å². The van der Waals surface area contributed by atoms with Crippen LogP contribution in [-0.4, -0.2) is 42.8 Å². The molecule has 0 aliphatic carbocycles. The molecule has 0 spiro atoms. The summed E-state index contributed by atoms with van der Waals surface area (Å²) in [6, 6.07) is 7.22. The highest BCUT2D eigenvalue weighted by atomic mass is 32.2. The van der Waals surface area contributed by atoms with E-state index < -0.39 is 21.9 Å². The number of carboxylic acid groups (broad SMARTS) is 1. The van der Waals surface area contributed by atoms with Crippen molar-refractivity contribution in [2.75, 3.05) is 13.1 Å². The summed E-state index contributed by atoms with van der Waals surface area (Å²) < 4.78 is 31.9. The van der Waals surface area contributed by atoms with E-state index in [0.717, 1.165) is 0 Å². The van der Waals surface area contributed by atoms with Crippen LogP contribution in [0.15, 0.2) is 39.6 Å². The van der Waals surface area contributed by atoms with Gasteiger partial charge in [-0.05, 0) is 36.8 Å². The smallest absolute Gasteiger partial charge is 0.371 e. The molecule has 0 bridgehead atoms. The van der Waals surface area contributed by atoms with Crippen molar-refractivity contribution in [1.29, 1.82) is 0 Å². The molecule has 2 N–H and O–H groups in total. The lowest BCUT2D eigenvalue weighted by molar-refractivity contribution is 0.0660. The summed E-state index contributed by atoms with van der Waals surface area (Å²) in [4.78, 5) is 23.3. The van der Waals surface area contributed by atoms with Gasteiger partial charge in [-0.3, -0.25) is 4.79 Å². The molecule has 0 unspecified atom stereocenters. The average Bonchev–Trinajstić information content (AvgIpc) is 3.10. The zero-order valence-corrected chi connectivity index (χ0v) is 16.2. The molecule has 0 radical (unpaired) electrons. The Labute approximate surface area is 157 Å². The van der Waals surface area contributed by atoms with Gasteiger partial charge in [0.1, 0.15) is 5.76 Å². The molecule has 0 fully saturated rings. The van der Waals surface area contributed by atoms with E-state index in [1.807, 2.05) is 0 Å². The van der Waals surface area contributed by atoms with Crippen molar-refractivity contribution in [3.05, 3.63) is 53.0 Å². The Morgan fingerprint density at radius 3 is 2.37 bits per heavy atom. The summed E-state index contributed by atoms with van der Waals surface area (Å²) in [5.74, 6) is -1.62. The Morgan fingerprint density at radius 1 is 1.15 bits per heavy atom. The minimum Gasteiger partial charge on any atom is -0.475 e. The molecule has 146 valence electrons. The summed E-state index contributed by atoms with van der Waals surface area (Å²) in [5, 5.41) is 11.4. The fourth-order valence-electron chi connectivity index (χ4n) is 2.58. The zero-order valence-electron chi connectivity index (χ0n) is 15.4. The van der Waals surface area contributed by atoms with Crippen molar-refractivity contribution in [3.63, 3.8) is 0 Å². The fourth-order valence-corrected chi connectivity index (χ4v) is 4.29. The van der Waals surface area contributed by atoms with Crippen LogP contribution in [0, 0.1) is 6.92 Å². The predicted octanol–water partition coefficient (Wildman–Crippen LogP) is 2.25. The normalized spacial score (nSPS) is 11.6. The number of furan rings is 1. The van der Waals surface area contributed by atoms with Crippen LogP contribution in [0.3, 0.4) is 0 Å². The van der Waals surface area contributed by atoms with Gasteiger partial charge in [0.25, 0.3) is 5.91 Å². The second kappa shape index (κ2) is 8.36. The molecule has 0 aliphatic heterocycles. The number of nitrogens with one attached hydrogen (secondary N) is 1. The van der Waals surface area contributed by atoms with Crippen molar-refractivity contribution in [1.82, 2.24) is 9.62 Å². The van der Waals surface area contributed by atoms with Crippen molar-refractivity contribution in [3.8, 4) is 0 Å². The maximum absolute atomic E-state index is 12.8. The number of nitrogens with zero attached hydrogens (tertiary/aromatic N) is 1. The largest absolute Gasteiger partial charge is 0.475 e. The number of aryl methyl sites for hydroxylation is 1. The van der Waals surface area contributed by atoms with E-state index in [1.54, 1.807) is 26.8 Å². The first kappa shape index (κ1) is 20.7. The lowest BCUT2D eigenvalue weighted by atomic mass is 10.1. The van der Waals surface area contributed by atoms with Crippen LogP contribution in [0.1, 0.15) is 46.1 Å². The summed E-state index contributed by atoms with van der Waals surface area (Å²) in [6.07, 6.45) is 0. The van der Waals surface area contributed by atoms with Crippen LogP contribution < -0.4 is 5.32 Å². The van der Waals surface area contributed by atoms with Gasteiger partial charge in [0.2, 0.25) is 15.8 Å². The van der Waals surface area contributed by atoms with Crippen LogP contribution in [0.5, 0.6) is 0 Å². The highest BCUT2D eigenvalue weighted by molar-refractivity contribution is 7.89. The number of sulfonamides is 1. The highest BCUT2D eigenvalue weighted by Crippen LogP contribution is 2.21. The molecule has 0 saturated carbocycles. The molecule has 27 heavy (non-hydrogen) atoms. The van der Waals surface area contributed by atoms with Crippen molar-refractivity contribution < 1.29 is 27.5 Å². The van der Waals surface area contributed by atoms with Crippen LogP contribution in [0.4, 0.5) is 0 Å². The first-order chi connectivity index (χ1) is 12.7. The summed E-state index contributed by atoms with van der Waals surface area (Å²) >= 11 is 0. The molecule has 9 heteroatoms. The number of amides is 1. The molecule has 1 aromatic heterocycles. The van der Waals surface area contributed by atoms with E-state index in [9.17, 15) is 18.0 Å². The number of carbonyl (C=O) groups excluding carboxylic acids is 1. The van der Waals surface area contributed by atoms with Crippen LogP contribution in [0.2, 0.25) is 0 Å². The third-order valence-electron chi connectivity index (χ3n) is 4.07. The minimum atomic E-state index is -3.69. The van der Waals surface area contributed by atoms with Crippen molar-refractivity contribution in [2.45, 2.75) is 32.2 Å². The topological polar surface area (TPSA) is 117 Å². The van der Waals surface area contributed by atoms with Crippen LogP contribution in [0.25, 0.3) is 0 Å². The molecular formula is C18H22N2O6S. The molecular weight excluding hydrogens is 372 g/mol. The van der Waals surface area contributed by atoms with E-state index in [4.69, 9.17) is 9.52 Å². The molecule has 0 atom stereocenters. The van der Waals surface area contributed by atoms with Gasteiger partial charge in [-0.15, -0.1) is 0 Å². The van der Waals surface area contributed by atoms with Gasteiger partial charge in [0, 0.05) is 18.7 Å². The lowest BCUT2D eigenvalue weighted by Crippen LogP contribution is -2.31. The first-order valence-corrected chi connectivity index (χ1v) is 9.85. The van der Waals surface area contributed by atoms with E-state index in [2.05, 4.69) is 5.32 Å². The van der Waals surface area contributed by atoms with Gasteiger partial charge < -0.3 is 14.8 Å². The van der Waals surface area contributed by atoms with Gasteiger partial charge in [0.15, 0.2) is 0 Å². The standard InChI is InChI=1S/C18H22N2O6S/c1-4-20(5-2)27(24,25)16-10-13(7-6-12(16)3)17(21)19-11-14-8-9-15(26-14)18(22)23/h6-10H,4-5,11H2,1-3H3,(H,19,21)(H,22,23). The Bertz CT molecular complexity index is 945. The number of rotatable bonds is 8. The second-order valence-corrected chi connectivity index (χ2v) is 7.73. The quantitative estimate of drug-likeness (QED) is 0.709. The molecule has 8 nitrogen and oxygen atoms in total. The number of carbonyl (C=O) groups is 2. The second-order valence-electron chi connectivity index (χ2n) is 5.82. The number of aromatic carboxylic acids is 1. The first-order valence-electron chi connectivity index (χ1n) is 8.41. The Balaban J connectivity index is 2.21. The van der Waals surface area contributed by atoms with E-state index in [0.29, 0.717) is 18.7 Å². The third-order valence-corrected chi connectivity index (χ3v) is 6.26. The SMILES string of the molecule is CCN(CC)S(=O)(=O)c1cc(C(=O)NCc2ccc(C(=O)O)o2)ccc1C. The molecule has 1 aromatic carbocycles. The van der Waals surface area contributed by atoms with Crippen molar-refractivity contribution in [2.24, 2.45) is 0 Å². The van der Waals surface area contributed by atoms with E-state index in [1.165, 1.54) is 28.6 Å². The number of hydrogen-bond acceptors (Lipinski definition) is 5. The third kappa shape index (κ3) is 4.55. The fraction of sp³-hybridized carbons (Fsp3) is 0.333. The lowest BCUT2D eigenvalue weighted by Gasteiger charge is -2.20. The molecule has 0 saturated heterocycles. The number of benzene rings is 1. The summed E-state index contributed by atoms with van der Waals surface area (Å²) in [5.41, 5.74) is 0.743. The van der Waals surface area contributed by atoms with E-state index >= 15 is 0 Å². The van der Waals surface area contributed by atoms with Crippen LogP contribution >= 0.6 is 0 Å². The summed E-state index contributed by atoms with van der Waals surface area (Å²) in [7, 11) is -3.69. The van der Waals surface area contributed by atoms with Gasteiger partial charge in [-0.1, -0.05) is 19.9 Å². The molecule has 2 rings (SSSR count). The summed E-state index contributed by atoms with van der Waals surface area (Å²) in [6.45, 7) is 5.83. The maximum atomic E-state index is 12.8. The number of hydrogen-bond donors (Lipinski definition) is 2. The highest BCUT2D eigenvalue weighted by Gasteiger charge is 2.24. The Morgan fingerprint density at radius 2 is 1.81 bits per heavy atom. The van der Waals surface area contributed by atoms with Crippen LogP contribution in [-0.2, 0) is 16.6 Å². The monoisotopic (exact) mass is 394 g/mol. The molecule has 1 amide bonds. The molecule has 2 aromatic rings. The number of carboxylic acids is 1. The zero-order chi connectivity index (χ0) is 20.2. The van der Waals surface area contributed by atoms with Gasteiger partial charge in [0.05, 0.1) is 11.4 Å². The van der Waals surface area contributed by atoms with E-state index in [-0.39, 0.29) is 28.5 Å². The van der Waals surface area contributed by atoms with Gasteiger partial charge in [-0.2, -0.15) is 4.31 Å². The van der Waals surface area contributed by atoms with Gasteiger partial charge >= 0.3 is 5.97 Å². The molecule has 1 heterocycles. The molecule has 0 aliphatic rings. The predicted molar refractivity (Wildman–Crippen MR) is 98.1 cm³/mol. The van der Waals surface area contributed by atoms with Crippen molar-refractivity contribution >= 4 is 21.9 Å². The minimum absolute atomic E-state index is 0.0158. The average molecular weight is 394 g/mol. The maximum Gasteiger partial charge on any atom is 0.371 e.